The Bertz CT molecular complexity index is 675. The number of carbonyl (C=O) groups excluding carboxylic acids is 2. The quantitative estimate of drug-likeness (QED) is 0.828. The van der Waals surface area contributed by atoms with Crippen molar-refractivity contribution in [3.05, 3.63) is 24.3 Å². The lowest BCUT2D eigenvalue weighted by Gasteiger charge is -2.38. The molecule has 0 N–H and O–H groups in total. The van der Waals surface area contributed by atoms with Crippen molar-refractivity contribution in [2.45, 2.75) is 32.7 Å². The van der Waals surface area contributed by atoms with Crippen molar-refractivity contribution in [3.63, 3.8) is 0 Å². The molecule has 2 saturated heterocycles. The van der Waals surface area contributed by atoms with Crippen LogP contribution < -0.4 is 9.64 Å². The van der Waals surface area contributed by atoms with Crippen molar-refractivity contribution in [3.8, 4) is 5.75 Å². The summed E-state index contributed by atoms with van der Waals surface area (Å²) in [4.78, 5) is 31.1. The molecule has 0 aliphatic carbocycles. The molecule has 142 valence electrons. The van der Waals surface area contributed by atoms with E-state index in [0.717, 1.165) is 24.5 Å². The summed E-state index contributed by atoms with van der Waals surface area (Å²) >= 11 is 0. The topological polar surface area (TPSA) is 53.1 Å². The van der Waals surface area contributed by atoms with E-state index >= 15 is 0 Å². The summed E-state index contributed by atoms with van der Waals surface area (Å²) in [6.45, 7) is 9.49. The second kappa shape index (κ2) is 7.17. The lowest BCUT2D eigenvalue weighted by molar-refractivity contribution is -0.136. The zero-order chi connectivity index (χ0) is 18.9. The molecule has 1 aromatic rings. The third kappa shape index (κ3) is 3.64. The van der Waals surface area contributed by atoms with Crippen LogP contribution in [-0.4, -0.2) is 67.0 Å². The van der Waals surface area contributed by atoms with E-state index in [4.69, 9.17) is 4.74 Å². The maximum absolute atomic E-state index is 12.9. The molecule has 26 heavy (non-hydrogen) atoms. The predicted octanol–water partition coefficient (Wildman–Crippen LogP) is 1.99. The van der Waals surface area contributed by atoms with Crippen LogP contribution in [0, 0.1) is 5.92 Å². The van der Waals surface area contributed by atoms with E-state index in [2.05, 4.69) is 4.90 Å². The van der Waals surface area contributed by atoms with Gasteiger partial charge >= 0.3 is 0 Å². The summed E-state index contributed by atoms with van der Waals surface area (Å²) in [5.74, 6) is 0.849. The van der Waals surface area contributed by atoms with Crippen molar-refractivity contribution in [1.29, 1.82) is 0 Å². The highest BCUT2D eigenvalue weighted by Gasteiger charge is 2.41. The van der Waals surface area contributed by atoms with Gasteiger partial charge in [-0.3, -0.25) is 9.59 Å². The monoisotopic (exact) mass is 359 g/mol. The number of para-hydroxylation sites is 2. The molecule has 2 aliphatic heterocycles. The van der Waals surface area contributed by atoms with Crippen molar-refractivity contribution < 1.29 is 14.3 Å². The first-order chi connectivity index (χ1) is 12.3. The normalized spacial score (nSPS) is 21.3. The second-order valence-electron chi connectivity index (χ2n) is 8.06. The second-order valence-corrected chi connectivity index (χ2v) is 8.06. The van der Waals surface area contributed by atoms with Gasteiger partial charge in [0.05, 0.1) is 18.7 Å². The molecule has 1 aromatic carbocycles. The van der Waals surface area contributed by atoms with E-state index in [9.17, 15) is 9.59 Å². The largest absolute Gasteiger partial charge is 0.495 e. The molecular formula is C20H29N3O3. The van der Waals surface area contributed by atoms with Gasteiger partial charge in [-0.15, -0.1) is 0 Å². The maximum atomic E-state index is 12.9. The van der Waals surface area contributed by atoms with E-state index in [-0.39, 0.29) is 23.3 Å². The molecule has 0 spiro atoms. The Kier molecular flexibility index (Phi) is 5.12. The number of hydrogen-bond donors (Lipinski definition) is 0. The fraction of sp³-hybridized carbons (Fsp3) is 0.600. The van der Waals surface area contributed by atoms with E-state index in [1.54, 1.807) is 7.11 Å². The van der Waals surface area contributed by atoms with Gasteiger partial charge in [0.25, 0.3) is 0 Å². The number of ether oxygens (including phenoxy) is 1. The predicted molar refractivity (Wildman–Crippen MR) is 101 cm³/mol. The van der Waals surface area contributed by atoms with Crippen LogP contribution in [0.2, 0.25) is 0 Å². The summed E-state index contributed by atoms with van der Waals surface area (Å²) in [6.07, 6.45) is 0.336. The Balaban J connectivity index is 1.60. The van der Waals surface area contributed by atoms with Crippen LogP contribution in [0.1, 0.15) is 27.2 Å². The number of anilines is 1. The number of carbonyl (C=O) groups is 2. The summed E-state index contributed by atoms with van der Waals surface area (Å²) in [5, 5.41) is 0. The molecule has 6 heteroatoms. The summed E-state index contributed by atoms with van der Waals surface area (Å²) in [6, 6.07) is 7.96. The van der Waals surface area contributed by atoms with E-state index in [0.29, 0.717) is 26.1 Å². The van der Waals surface area contributed by atoms with Gasteiger partial charge in [-0.25, -0.2) is 0 Å². The maximum Gasteiger partial charge on any atom is 0.228 e. The smallest absolute Gasteiger partial charge is 0.228 e. The Morgan fingerprint density at radius 2 is 1.77 bits per heavy atom. The van der Waals surface area contributed by atoms with Crippen molar-refractivity contribution >= 4 is 17.5 Å². The molecular weight excluding hydrogens is 330 g/mol. The van der Waals surface area contributed by atoms with Gasteiger partial charge in [0.2, 0.25) is 11.8 Å². The molecule has 3 rings (SSSR count). The van der Waals surface area contributed by atoms with Crippen molar-refractivity contribution in [2.24, 2.45) is 5.92 Å². The Labute approximate surface area is 155 Å². The van der Waals surface area contributed by atoms with E-state index < -0.39 is 0 Å². The highest BCUT2D eigenvalue weighted by molar-refractivity contribution is 5.89. The lowest BCUT2D eigenvalue weighted by Crippen LogP contribution is -2.51. The average Bonchev–Trinajstić information content (AvgIpc) is 3.03. The number of amides is 2. The zero-order valence-electron chi connectivity index (χ0n) is 16.2. The molecule has 2 amide bonds. The van der Waals surface area contributed by atoms with Crippen LogP contribution in [0.3, 0.4) is 0 Å². The van der Waals surface area contributed by atoms with Gasteiger partial charge in [0.15, 0.2) is 0 Å². The number of benzene rings is 1. The summed E-state index contributed by atoms with van der Waals surface area (Å²) in [7, 11) is 1.68. The lowest BCUT2D eigenvalue weighted by atomic mass is 10.1. The molecule has 0 radical (unpaired) electrons. The van der Waals surface area contributed by atoms with Crippen LogP contribution >= 0.6 is 0 Å². The number of nitrogens with zero attached hydrogens (tertiary/aromatic N) is 3. The minimum absolute atomic E-state index is 0.0866. The van der Waals surface area contributed by atoms with Gasteiger partial charge in [-0.1, -0.05) is 12.1 Å². The minimum atomic E-state index is -0.228. The van der Waals surface area contributed by atoms with Gasteiger partial charge in [0.1, 0.15) is 5.75 Å². The Morgan fingerprint density at radius 3 is 2.35 bits per heavy atom. The Morgan fingerprint density at radius 1 is 1.12 bits per heavy atom. The molecule has 2 heterocycles. The molecule has 2 fully saturated rings. The third-order valence-corrected chi connectivity index (χ3v) is 5.30. The molecule has 2 aliphatic rings. The summed E-state index contributed by atoms with van der Waals surface area (Å²) in [5.41, 5.74) is 0.839. The van der Waals surface area contributed by atoms with Crippen LogP contribution in [-0.2, 0) is 9.59 Å². The standard InChI is InChI=1S/C20H29N3O3/c1-20(2,3)23-14-15(13-18(23)24)19(25)22-11-9-21(10-12-22)16-7-5-6-8-17(16)26-4/h5-8,15H,9-14H2,1-4H3. The fourth-order valence-corrected chi connectivity index (χ4v) is 3.84. The number of rotatable bonds is 3. The first kappa shape index (κ1) is 18.5. The van der Waals surface area contributed by atoms with Crippen LogP contribution in [0.25, 0.3) is 0 Å². The average molecular weight is 359 g/mol. The highest BCUT2D eigenvalue weighted by Crippen LogP contribution is 2.30. The summed E-state index contributed by atoms with van der Waals surface area (Å²) < 4.78 is 5.44. The zero-order valence-corrected chi connectivity index (χ0v) is 16.2. The van der Waals surface area contributed by atoms with E-state index in [1.807, 2.05) is 54.8 Å². The molecule has 0 saturated carbocycles. The SMILES string of the molecule is COc1ccccc1N1CCN(C(=O)C2CC(=O)N(C(C)(C)C)C2)CC1. The van der Waals surface area contributed by atoms with Crippen molar-refractivity contribution in [1.82, 2.24) is 9.80 Å². The molecule has 0 bridgehead atoms. The molecule has 1 unspecified atom stereocenters. The highest BCUT2D eigenvalue weighted by atomic mass is 16.5. The minimum Gasteiger partial charge on any atom is -0.495 e. The van der Waals surface area contributed by atoms with Crippen LogP contribution in [0.5, 0.6) is 5.75 Å². The Hall–Kier alpha value is -2.24. The molecule has 1 atom stereocenters. The number of likely N-dealkylation sites (tertiary alicyclic amines) is 1. The van der Waals surface area contributed by atoms with Crippen LogP contribution in [0.4, 0.5) is 5.69 Å². The molecule has 0 aromatic heterocycles. The van der Waals surface area contributed by atoms with E-state index in [1.165, 1.54) is 0 Å². The van der Waals surface area contributed by atoms with Crippen molar-refractivity contribution in [2.75, 3.05) is 44.7 Å². The number of hydrogen-bond acceptors (Lipinski definition) is 4. The van der Waals surface area contributed by atoms with Gasteiger partial charge in [0, 0.05) is 44.7 Å². The third-order valence-electron chi connectivity index (χ3n) is 5.30. The first-order valence-electron chi connectivity index (χ1n) is 9.28. The van der Waals surface area contributed by atoms with Crippen LogP contribution in [0.15, 0.2) is 24.3 Å². The van der Waals surface area contributed by atoms with Gasteiger partial charge < -0.3 is 19.4 Å². The van der Waals surface area contributed by atoms with Gasteiger partial charge in [-0.2, -0.15) is 0 Å². The number of methoxy groups -OCH3 is 1. The molecule has 6 nitrogen and oxygen atoms in total. The first-order valence-corrected chi connectivity index (χ1v) is 9.28. The van der Waals surface area contributed by atoms with Gasteiger partial charge in [-0.05, 0) is 32.9 Å². The number of piperazine rings is 1. The fourth-order valence-electron chi connectivity index (χ4n) is 3.84.